The smallest absolute Gasteiger partial charge is 0.320 e. The van der Waals surface area contributed by atoms with Crippen LogP contribution in [-0.2, 0) is 9.53 Å². The van der Waals surface area contributed by atoms with Gasteiger partial charge in [0.15, 0.2) is 0 Å². The van der Waals surface area contributed by atoms with E-state index in [1.165, 1.54) is 0 Å². The highest BCUT2D eigenvalue weighted by Gasteiger charge is 2.31. The molecule has 0 amide bonds. The van der Waals surface area contributed by atoms with E-state index < -0.39 is 12.0 Å². The molecule has 0 saturated carbocycles. The summed E-state index contributed by atoms with van der Waals surface area (Å²) in [5, 5.41) is 8.94. The molecule has 1 aliphatic rings. The number of hydrogen-bond donors (Lipinski definition) is 1. The summed E-state index contributed by atoms with van der Waals surface area (Å²) in [4.78, 5) is 12.8. The van der Waals surface area contributed by atoms with Crippen LogP contribution in [0.15, 0.2) is 0 Å². The van der Waals surface area contributed by atoms with E-state index in [2.05, 4.69) is 0 Å². The number of carbonyl (C=O) groups is 1. The van der Waals surface area contributed by atoms with Gasteiger partial charge < -0.3 is 9.84 Å². The molecule has 1 fully saturated rings. The summed E-state index contributed by atoms with van der Waals surface area (Å²) in [6, 6.07) is -0.109. The van der Waals surface area contributed by atoms with Gasteiger partial charge in [0.25, 0.3) is 0 Å². The highest BCUT2D eigenvalue weighted by Crippen LogP contribution is 2.23. The average molecular weight is 215 g/mol. The molecular formula is C11H21NO3. The summed E-state index contributed by atoms with van der Waals surface area (Å²) in [7, 11) is 1.88. The molecule has 4 heteroatoms. The molecule has 0 aromatic carbocycles. The first-order chi connectivity index (χ1) is 6.91. The maximum absolute atomic E-state index is 10.9. The van der Waals surface area contributed by atoms with E-state index in [1.807, 2.05) is 25.8 Å². The van der Waals surface area contributed by atoms with E-state index in [0.29, 0.717) is 6.04 Å². The molecule has 4 nitrogen and oxygen atoms in total. The zero-order valence-corrected chi connectivity index (χ0v) is 9.93. The Kier molecular flexibility index (Phi) is 4.11. The van der Waals surface area contributed by atoms with E-state index in [0.717, 1.165) is 12.8 Å². The number of carboxylic acids is 1. The van der Waals surface area contributed by atoms with Crippen LogP contribution in [0.4, 0.5) is 0 Å². The maximum Gasteiger partial charge on any atom is 0.320 e. The van der Waals surface area contributed by atoms with Crippen molar-refractivity contribution in [2.24, 2.45) is 0 Å². The molecule has 1 rings (SSSR count). The summed E-state index contributed by atoms with van der Waals surface area (Å²) >= 11 is 0. The Hall–Kier alpha value is -0.610. The van der Waals surface area contributed by atoms with E-state index in [4.69, 9.17) is 9.84 Å². The zero-order chi connectivity index (χ0) is 11.6. The highest BCUT2D eigenvalue weighted by molar-refractivity contribution is 5.72. The topological polar surface area (TPSA) is 49.8 Å². The summed E-state index contributed by atoms with van der Waals surface area (Å²) in [6.45, 7) is 5.82. The fourth-order valence-electron chi connectivity index (χ4n) is 2.19. The molecule has 0 aromatic heterocycles. The van der Waals surface area contributed by atoms with E-state index in [9.17, 15) is 4.79 Å². The minimum absolute atomic E-state index is 0.224. The van der Waals surface area contributed by atoms with Gasteiger partial charge in [-0.2, -0.15) is 0 Å². The van der Waals surface area contributed by atoms with Crippen molar-refractivity contribution in [1.29, 1.82) is 0 Å². The predicted octanol–water partition coefficient (Wildman–Crippen LogP) is 1.35. The largest absolute Gasteiger partial charge is 0.480 e. The standard InChI is InChI=1S/C11H21NO3/c1-7-5-10(6-8(2)15-7)12(4)9(3)11(13)14/h7-10H,5-6H2,1-4H3,(H,13,14). The van der Waals surface area contributed by atoms with Crippen LogP contribution in [0.3, 0.4) is 0 Å². The molecule has 1 N–H and O–H groups in total. The van der Waals surface area contributed by atoms with Gasteiger partial charge in [0.2, 0.25) is 0 Å². The van der Waals surface area contributed by atoms with Gasteiger partial charge in [-0.25, -0.2) is 0 Å². The van der Waals surface area contributed by atoms with Gasteiger partial charge >= 0.3 is 5.97 Å². The lowest BCUT2D eigenvalue weighted by atomic mass is 9.97. The summed E-state index contributed by atoms with van der Waals surface area (Å²) in [5.41, 5.74) is 0. The van der Waals surface area contributed by atoms with Crippen LogP contribution < -0.4 is 0 Å². The number of nitrogens with zero attached hydrogens (tertiary/aromatic N) is 1. The van der Waals surface area contributed by atoms with Crippen LogP contribution in [0.2, 0.25) is 0 Å². The average Bonchev–Trinajstić information content (AvgIpc) is 2.13. The Labute approximate surface area is 91.2 Å². The molecule has 0 aromatic rings. The van der Waals surface area contributed by atoms with Gasteiger partial charge in [-0.05, 0) is 40.7 Å². The first-order valence-corrected chi connectivity index (χ1v) is 5.52. The lowest BCUT2D eigenvalue weighted by molar-refractivity contribution is -0.145. The lowest BCUT2D eigenvalue weighted by Crippen LogP contribution is -2.48. The molecule has 3 atom stereocenters. The molecule has 1 saturated heterocycles. The van der Waals surface area contributed by atoms with Gasteiger partial charge in [0.1, 0.15) is 6.04 Å². The summed E-state index contributed by atoms with van der Waals surface area (Å²) in [6.07, 6.45) is 2.28. The monoisotopic (exact) mass is 215 g/mol. The zero-order valence-electron chi connectivity index (χ0n) is 9.93. The summed E-state index contributed by atoms with van der Waals surface area (Å²) in [5.74, 6) is -0.760. The van der Waals surface area contributed by atoms with Crippen molar-refractivity contribution in [3.63, 3.8) is 0 Å². The SMILES string of the molecule is CC1CC(N(C)C(C)C(=O)O)CC(C)O1. The number of likely N-dealkylation sites (N-methyl/N-ethyl adjacent to an activating group) is 1. The van der Waals surface area contributed by atoms with Gasteiger partial charge in [0.05, 0.1) is 12.2 Å². The highest BCUT2D eigenvalue weighted by atomic mass is 16.5. The van der Waals surface area contributed by atoms with E-state index in [1.54, 1.807) is 6.92 Å². The van der Waals surface area contributed by atoms with Crippen molar-refractivity contribution in [1.82, 2.24) is 4.90 Å². The molecular weight excluding hydrogens is 194 g/mol. The van der Waals surface area contributed by atoms with Crippen LogP contribution in [-0.4, -0.2) is 47.3 Å². The fraction of sp³-hybridized carbons (Fsp3) is 0.909. The van der Waals surface area contributed by atoms with Crippen molar-refractivity contribution in [2.75, 3.05) is 7.05 Å². The third-order valence-electron chi connectivity index (χ3n) is 3.22. The molecule has 1 heterocycles. The van der Waals surface area contributed by atoms with Crippen LogP contribution in [0, 0.1) is 0 Å². The second-order valence-corrected chi connectivity index (χ2v) is 4.56. The van der Waals surface area contributed by atoms with Crippen LogP contribution in [0.5, 0.6) is 0 Å². The molecule has 0 aliphatic carbocycles. The number of carboxylic acid groups (broad SMARTS) is 1. The molecule has 3 unspecified atom stereocenters. The fourth-order valence-corrected chi connectivity index (χ4v) is 2.19. The quantitative estimate of drug-likeness (QED) is 0.772. The van der Waals surface area contributed by atoms with Crippen molar-refractivity contribution in [2.45, 2.75) is 57.9 Å². The number of ether oxygens (including phenoxy) is 1. The number of aliphatic carboxylic acids is 1. The van der Waals surface area contributed by atoms with Crippen molar-refractivity contribution in [3.05, 3.63) is 0 Å². The Morgan fingerprint density at radius 2 is 1.87 bits per heavy atom. The first-order valence-electron chi connectivity index (χ1n) is 5.52. The van der Waals surface area contributed by atoms with E-state index in [-0.39, 0.29) is 12.2 Å². The normalized spacial score (nSPS) is 34.1. The maximum atomic E-state index is 10.9. The second-order valence-electron chi connectivity index (χ2n) is 4.56. The Morgan fingerprint density at radius 1 is 1.40 bits per heavy atom. The lowest BCUT2D eigenvalue weighted by Gasteiger charge is -2.39. The van der Waals surface area contributed by atoms with E-state index >= 15 is 0 Å². The Balaban J connectivity index is 2.58. The number of rotatable bonds is 3. The first kappa shape index (κ1) is 12.5. The Morgan fingerprint density at radius 3 is 2.27 bits per heavy atom. The minimum atomic E-state index is -0.760. The molecule has 1 aliphatic heterocycles. The predicted molar refractivity (Wildman–Crippen MR) is 57.9 cm³/mol. The van der Waals surface area contributed by atoms with Crippen LogP contribution >= 0.6 is 0 Å². The third kappa shape index (κ3) is 3.18. The molecule has 15 heavy (non-hydrogen) atoms. The van der Waals surface area contributed by atoms with Crippen molar-refractivity contribution >= 4 is 5.97 Å². The van der Waals surface area contributed by atoms with Crippen LogP contribution in [0.1, 0.15) is 33.6 Å². The second kappa shape index (κ2) is 4.94. The molecule has 0 bridgehead atoms. The Bertz CT molecular complexity index is 222. The van der Waals surface area contributed by atoms with Gasteiger partial charge in [-0.1, -0.05) is 0 Å². The minimum Gasteiger partial charge on any atom is -0.480 e. The van der Waals surface area contributed by atoms with Crippen molar-refractivity contribution in [3.8, 4) is 0 Å². The molecule has 88 valence electrons. The van der Waals surface area contributed by atoms with Crippen molar-refractivity contribution < 1.29 is 14.6 Å². The summed E-state index contributed by atoms with van der Waals surface area (Å²) < 4.78 is 5.63. The third-order valence-corrected chi connectivity index (χ3v) is 3.22. The molecule has 0 radical (unpaired) electrons. The van der Waals surface area contributed by atoms with Crippen LogP contribution in [0.25, 0.3) is 0 Å². The van der Waals surface area contributed by atoms with Gasteiger partial charge in [-0.3, -0.25) is 9.69 Å². The van der Waals surface area contributed by atoms with Gasteiger partial charge in [-0.15, -0.1) is 0 Å². The number of hydrogen-bond acceptors (Lipinski definition) is 3. The molecule has 0 spiro atoms. The van der Waals surface area contributed by atoms with Gasteiger partial charge in [0, 0.05) is 6.04 Å².